The van der Waals surface area contributed by atoms with E-state index in [-0.39, 0.29) is 0 Å². The summed E-state index contributed by atoms with van der Waals surface area (Å²) >= 11 is 0. The third-order valence-corrected chi connectivity index (χ3v) is 2.97. The van der Waals surface area contributed by atoms with Gasteiger partial charge in [-0.2, -0.15) is 5.10 Å². The predicted octanol–water partition coefficient (Wildman–Crippen LogP) is 1.50. The van der Waals surface area contributed by atoms with Gasteiger partial charge in [0.15, 0.2) is 0 Å². The minimum atomic E-state index is 0.574. The molecule has 2 atom stereocenters. The van der Waals surface area contributed by atoms with E-state index in [1.54, 1.807) is 0 Å². The van der Waals surface area contributed by atoms with E-state index in [1.807, 2.05) is 18.7 Å². The molecule has 2 N–H and O–H groups in total. The van der Waals surface area contributed by atoms with Crippen molar-refractivity contribution in [3.05, 3.63) is 17.5 Å². The number of aryl methyl sites for hydroxylation is 2. The summed E-state index contributed by atoms with van der Waals surface area (Å²) in [6.45, 7) is 7.24. The van der Waals surface area contributed by atoms with Crippen molar-refractivity contribution in [2.75, 3.05) is 6.54 Å². The van der Waals surface area contributed by atoms with Crippen molar-refractivity contribution in [1.29, 1.82) is 0 Å². The quantitative estimate of drug-likeness (QED) is 0.791. The summed E-state index contributed by atoms with van der Waals surface area (Å²) in [5.41, 5.74) is 8.04. The maximum Gasteiger partial charge on any atom is 0.0596 e. The molecule has 1 aromatic heterocycles. The molecular weight excluding hydrogens is 174 g/mol. The van der Waals surface area contributed by atoms with Crippen LogP contribution in [0.1, 0.15) is 25.2 Å². The van der Waals surface area contributed by atoms with Crippen LogP contribution < -0.4 is 5.73 Å². The second-order valence-electron chi connectivity index (χ2n) is 4.30. The van der Waals surface area contributed by atoms with E-state index >= 15 is 0 Å². The SMILES string of the molecule is Cc1cc(CC(C)C(C)CN)n(C)n1. The van der Waals surface area contributed by atoms with E-state index < -0.39 is 0 Å². The third kappa shape index (κ3) is 2.58. The van der Waals surface area contributed by atoms with E-state index in [0.717, 1.165) is 18.7 Å². The van der Waals surface area contributed by atoms with E-state index in [0.29, 0.717) is 11.8 Å². The first-order chi connectivity index (χ1) is 6.54. The Balaban J connectivity index is 2.64. The summed E-state index contributed by atoms with van der Waals surface area (Å²) in [6, 6.07) is 2.15. The Kier molecular flexibility index (Phi) is 3.69. The number of hydrogen-bond acceptors (Lipinski definition) is 2. The van der Waals surface area contributed by atoms with Gasteiger partial charge in [0.05, 0.1) is 5.69 Å². The summed E-state index contributed by atoms with van der Waals surface area (Å²) in [4.78, 5) is 0. The zero-order valence-electron chi connectivity index (χ0n) is 9.62. The van der Waals surface area contributed by atoms with Crippen molar-refractivity contribution in [3.8, 4) is 0 Å². The highest BCUT2D eigenvalue weighted by Gasteiger charge is 2.13. The number of aromatic nitrogens is 2. The Labute approximate surface area is 86.3 Å². The fourth-order valence-corrected chi connectivity index (χ4v) is 1.62. The van der Waals surface area contributed by atoms with Gasteiger partial charge in [-0.25, -0.2) is 0 Å². The molecule has 80 valence electrons. The maximum atomic E-state index is 5.65. The van der Waals surface area contributed by atoms with Crippen molar-refractivity contribution in [3.63, 3.8) is 0 Å². The Bertz CT molecular complexity index is 291. The normalized spacial score (nSPS) is 15.5. The van der Waals surface area contributed by atoms with Crippen molar-refractivity contribution < 1.29 is 0 Å². The molecule has 0 radical (unpaired) electrons. The first kappa shape index (κ1) is 11.2. The molecule has 1 rings (SSSR count). The lowest BCUT2D eigenvalue weighted by Crippen LogP contribution is -2.20. The molecule has 2 unspecified atom stereocenters. The van der Waals surface area contributed by atoms with Crippen LogP contribution >= 0.6 is 0 Å². The maximum absolute atomic E-state index is 5.65. The molecule has 0 aromatic carbocycles. The van der Waals surface area contributed by atoms with Crippen LogP contribution in [0.5, 0.6) is 0 Å². The van der Waals surface area contributed by atoms with Crippen LogP contribution in [0.2, 0.25) is 0 Å². The van der Waals surface area contributed by atoms with Crippen LogP contribution in [-0.2, 0) is 13.5 Å². The summed E-state index contributed by atoms with van der Waals surface area (Å²) in [7, 11) is 2.00. The molecule has 1 heterocycles. The van der Waals surface area contributed by atoms with Crippen molar-refractivity contribution in [1.82, 2.24) is 9.78 Å². The topological polar surface area (TPSA) is 43.8 Å². The molecule has 0 amide bonds. The number of nitrogens with zero attached hydrogens (tertiary/aromatic N) is 2. The molecule has 3 heteroatoms. The third-order valence-electron chi connectivity index (χ3n) is 2.97. The average Bonchev–Trinajstić information content (AvgIpc) is 2.44. The highest BCUT2D eigenvalue weighted by Crippen LogP contribution is 2.16. The van der Waals surface area contributed by atoms with Crippen molar-refractivity contribution in [2.45, 2.75) is 27.2 Å². The van der Waals surface area contributed by atoms with Crippen LogP contribution in [-0.4, -0.2) is 16.3 Å². The molecule has 0 spiro atoms. The van der Waals surface area contributed by atoms with Crippen LogP contribution in [0.4, 0.5) is 0 Å². The van der Waals surface area contributed by atoms with E-state index in [2.05, 4.69) is 25.0 Å². The number of nitrogens with two attached hydrogens (primary N) is 1. The lowest BCUT2D eigenvalue weighted by molar-refractivity contribution is 0.386. The summed E-state index contributed by atoms with van der Waals surface area (Å²) in [5.74, 6) is 1.19. The Morgan fingerprint density at radius 3 is 2.50 bits per heavy atom. The van der Waals surface area contributed by atoms with E-state index in [9.17, 15) is 0 Å². The molecule has 0 aliphatic carbocycles. The first-order valence-electron chi connectivity index (χ1n) is 5.24. The van der Waals surface area contributed by atoms with Gasteiger partial charge in [-0.15, -0.1) is 0 Å². The van der Waals surface area contributed by atoms with Crippen LogP contribution in [0.25, 0.3) is 0 Å². The van der Waals surface area contributed by atoms with E-state index in [4.69, 9.17) is 5.73 Å². The first-order valence-corrected chi connectivity index (χ1v) is 5.24. The summed E-state index contributed by atoms with van der Waals surface area (Å²) in [5, 5.41) is 4.33. The minimum absolute atomic E-state index is 0.574. The molecule has 0 bridgehead atoms. The summed E-state index contributed by atoms with van der Waals surface area (Å²) < 4.78 is 1.97. The molecular formula is C11H21N3. The van der Waals surface area contributed by atoms with Gasteiger partial charge in [-0.1, -0.05) is 13.8 Å². The van der Waals surface area contributed by atoms with Gasteiger partial charge in [0.25, 0.3) is 0 Å². The van der Waals surface area contributed by atoms with Gasteiger partial charge in [0.2, 0.25) is 0 Å². The monoisotopic (exact) mass is 195 g/mol. The molecule has 0 saturated heterocycles. The number of rotatable bonds is 4. The van der Waals surface area contributed by atoms with Gasteiger partial charge in [-0.3, -0.25) is 4.68 Å². The fraction of sp³-hybridized carbons (Fsp3) is 0.727. The molecule has 0 saturated carbocycles. The lowest BCUT2D eigenvalue weighted by atomic mass is 9.91. The molecule has 14 heavy (non-hydrogen) atoms. The summed E-state index contributed by atoms with van der Waals surface area (Å²) in [6.07, 6.45) is 1.07. The highest BCUT2D eigenvalue weighted by atomic mass is 15.3. The largest absolute Gasteiger partial charge is 0.330 e. The van der Waals surface area contributed by atoms with Gasteiger partial charge in [0.1, 0.15) is 0 Å². The highest BCUT2D eigenvalue weighted by molar-refractivity contribution is 5.09. The zero-order valence-corrected chi connectivity index (χ0v) is 9.62. The van der Waals surface area contributed by atoms with Crippen molar-refractivity contribution in [2.24, 2.45) is 24.6 Å². The number of hydrogen-bond donors (Lipinski definition) is 1. The fourth-order valence-electron chi connectivity index (χ4n) is 1.62. The Morgan fingerprint density at radius 1 is 1.43 bits per heavy atom. The Morgan fingerprint density at radius 2 is 2.07 bits per heavy atom. The molecule has 1 aromatic rings. The molecule has 0 aliphatic rings. The van der Waals surface area contributed by atoms with Crippen LogP contribution in [0.3, 0.4) is 0 Å². The molecule has 0 fully saturated rings. The zero-order chi connectivity index (χ0) is 10.7. The van der Waals surface area contributed by atoms with Gasteiger partial charge in [-0.05, 0) is 37.8 Å². The van der Waals surface area contributed by atoms with Crippen LogP contribution in [0, 0.1) is 18.8 Å². The Hall–Kier alpha value is -0.830. The lowest BCUT2D eigenvalue weighted by Gasteiger charge is -2.17. The van der Waals surface area contributed by atoms with Crippen LogP contribution in [0.15, 0.2) is 6.07 Å². The predicted molar refractivity (Wildman–Crippen MR) is 59.0 cm³/mol. The molecule has 3 nitrogen and oxygen atoms in total. The van der Waals surface area contributed by atoms with Crippen molar-refractivity contribution >= 4 is 0 Å². The van der Waals surface area contributed by atoms with Gasteiger partial charge in [0, 0.05) is 12.7 Å². The second kappa shape index (κ2) is 4.60. The molecule has 0 aliphatic heterocycles. The minimum Gasteiger partial charge on any atom is -0.330 e. The smallest absolute Gasteiger partial charge is 0.0596 e. The van der Waals surface area contributed by atoms with Gasteiger partial charge >= 0.3 is 0 Å². The average molecular weight is 195 g/mol. The standard InChI is InChI=1S/C11H21N3/c1-8(9(2)7-12)5-11-6-10(3)13-14(11)4/h6,8-9H,5,7,12H2,1-4H3. The second-order valence-corrected chi connectivity index (χ2v) is 4.30. The van der Waals surface area contributed by atoms with E-state index in [1.165, 1.54) is 5.69 Å². The van der Waals surface area contributed by atoms with Gasteiger partial charge < -0.3 is 5.73 Å².